The van der Waals surface area contributed by atoms with Crippen molar-refractivity contribution in [3.63, 3.8) is 0 Å². The van der Waals surface area contributed by atoms with E-state index in [1.54, 1.807) is 0 Å². The van der Waals surface area contributed by atoms with Crippen molar-refractivity contribution < 1.29 is 24.2 Å². The van der Waals surface area contributed by atoms with Gasteiger partial charge in [0, 0.05) is 23.1 Å². The Balaban J connectivity index is 2.02. The fraction of sp³-hybridized carbons (Fsp3) is 0.438. The van der Waals surface area contributed by atoms with Crippen LogP contribution in [0.15, 0.2) is 24.3 Å². The Morgan fingerprint density at radius 2 is 2.04 bits per heavy atom. The van der Waals surface area contributed by atoms with Crippen molar-refractivity contribution in [2.75, 3.05) is 19.7 Å². The van der Waals surface area contributed by atoms with Gasteiger partial charge in [-0.2, -0.15) is 0 Å². The highest BCUT2D eigenvalue weighted by Crippen LogP contribution is 2.10. The van der Waals surface area contributed by atoms with Gasteiger partial charge in [-0.15, -0.1) is 0 Å². The minimum Gasteiger partial charge on any atom is -0.465 e. The van der Waals surface area contributed by atoms with E-state index in [0.29, 0.717) is 13.0 Å². The van der Waals surface area contributed by atoms with Crippen LogP contribution in [0.3, 0.4) is 0 Å². The van der Waals surface area contributed by atoms with Gasteiger partial charge in [-0.3, -0.25) is 9.59 Å². The first-order valence-electron chi connectivity index (χ1n) is 7.80. The largest absolute Gasteiger partial charge is 0.465 e. The first kappa shape index (κ1) is 19.4. The summed E-state index contributed by atoms with van der Waals surface area (Å²) in [5.41, 5.74) is 6.26. The molecule has 2 atom stereocenters. The highest BCUT2D eigenvalue weighted by atomic mass is 127. The van der Waals surface area contributed by atoms with Crippen LogP contribution in [0.4, 0.5) is 4.79 Å². The van der Waals surface area contributed by atoms with Crippen LogP contribution in [0.2, 0.25) is 0 Å². The van der Waals surface area contributed by atoms with Gasteiger partial charge < -0.3 is 25.8 Å². The Morgan fingerprint density at radius 1 is 1.36 bits per heavy atom. The van der Waals surface area contributed by atoms with E-state index in [1.165, 1.54) is 0 Å². The van der Waals surface area contributed by atoms with Crippen molar-refractivity contribution in [2.24, 2.45) is 5.73 Å². The van der Waals surface area contributed by atoms with Crippen LogP contribution in [0, 0.1) is 3.57 Å². The zero-order valence-electron chi connectivity index (χ0n) is 13.5. The zero-order valence-corrected chi connectivity index (χ0v) is 15.6. The standard InChI is InChI=1S/C16H20IN3O5/c17-11-4-2-10(3-5-11)8-12(14(18)21)19-15(22)13-9-20(16(23)24)6-1-7-25-13/h2-5,12-13H,1,6-9H2,(H2,18,21)(H,19,22)(H,23,24)/t12-,13-/m0/s1. The smallest absolute Gasteiger partial charge is 0.407 e. The molecule has 1 aliphatic rings. The summed E-state index contributed by atoms with van der Waals surface area (Å²) < 4.78 is 6.48. The van der Waals surface area contributed by atoms with Gasteiger partial charge >= 0.3 is 6.09 Å². The van der Waals surface area contributed by atoms with Crippen LogP contribution in [0.5, 0.6) is 0 Å². The second kappa shape index (κ2) is 8.99. The number of halogens is 1. The third kappa shape index (κ3) is 5.85. The number of hydrogen-bond acceptors (Lipinski definition) is 4. The molecule has 0 saturated carbocycles. The average Bonchev–Trinajstić information content (AvgIpc) is 2.82. The molecule has 1 fully saturated rings. The number of amides is 3. The Morgan fingerprint density at radius 3 is 2.64 bits per heavy atom. The van der Waals surface area contributed by atoms with Crippen LogP contribution >= 0.6 is 22.6 Å². The van der Waals surface area contributed by atoms with Gasteiger partial charge in [0.25, 0.3) is 5.91 Å². The van der Waals surface area contributed by atoms with Crippen LogP contribution in [-0.2, 0) is 20.7 Å². The molecule has 25 heavy (non-hydrogen) atoms. The number of nitrogens with one attached hydrogen (secondary N) is 1. The summed E-state index contributed by atoms with van der Waals surface area (Å²) in [5.74, 6) is -1.20. The van der Waals surface area contributed by atoms with Crippen molar-refractivity contribution in [3.05, 3.63) is 33.4 Å². The van der Waals surface area contributed by atoms with Crippen molar-refractivity contribution in [2.45, 2.75) is 25.0 Å². The molecule has 1 heterocycles. The number of hydrogen-bond donors (Lipinski definition) is 3. The van der Waals surface area contributed by atoms with Gasteiger partial charge in [-0.05, 0) is 46.7 Å². The lowest BCUT2D eigenvalue weighted by molar-refractivity contribution is -0.135. The molecule has 0 aromatic heterocycles. The van der Waals surface area contributed by atoms with Crippen LogP contribution in [-0.4, -0.2) is 59.8 Å². The monoisotopic (exact) mass is 461 g/mol. The molecule has 0 unspecified atom stereocenters. The molecular formula is C16H20IN3O5. The molecule has 1 aromatic rings. The number of ether oxygens (including phenoxy) is 1. The van der Waals surface area contributed by atoms with Gasteiger partial charge in [0.15, 0.2) is 6.10 Å². The van der Waals surface area contributed by atoms with Gasteiger partial charge in [-0.25, -0.2) is 4.79 Å². The number of rotatable bonds is 5. The average molecular weight is 461 g/mol. The Bertz CT molecular complexity index is 637. The normalized spacial score (nSPS) is 18.9. The lowest BCUT2D eigenvalue weighted by Crippen LogP contribution is -2.52. The predicted molar refractivity (Wildman–Crippen MR) is 97.9 cm³/mol. The van der Waals surface area contributed by atoms with E-state index in [-0.39, 0.29) is 19.6 Å². The topological polar surface area (TPSA) is 122 Å². The van der Waals surface area contributed by atoms with E-state index in [1.807, 2.05) is 24.3 Å². The molecule has 1 aliphatic heterocycles. The fourth-order valence-corrected chi connectivity index (χ4v) is 2.86. The van der Waals surface area contributed by atoms with Gasteiger partial charge in [0.1, 0.15) is 6.04 Å². The molecule has 0 spiro atoms. The summed E-state index contributed by atoms with van der Waals surface area (Å²) in [6.45, 7) is 0.511. The van der Waals surface area contributed by atoms with Crippen LogP contribution in [0.25, 0.3) is 0 Å². The molecule has 1 saturated heterocycles. The van der Waals surface area contributed by atoms with E-state index >= 15 is 0 Å². The van der Waals surface area contributed by atoms with E-state index in [4.69, 9.17) is 15.6 Å². The summed E-state index contributed by atoms with van der Waals surface area (Å²) in [4.78, 5) is 36.4. The maximum absolute atomic E-state index is 12.4. The molecule has 8 nitrogen and oxygen atoms in total. The summed E-state index contributed by atoms with van der Waals surface area (Å²) in [7, 11) is 0. The molecule has 9 heteroatoms. The lowest BCUT2D eigenvalue weighted by atomic mass is 10.1. The van der Waals surface area contributed by atoms with Gasteiger partial charge in [-0.1, -0.05) is 12.1 Å². The number of nitrogens with zero attached hydrogens (tertiary/aromatic N) is 1. The third-order valence-corrected chi connectivity index (χ3v) is 4.57. The maximum Gasteiger partial charge on any atom is 0.407 e. The predicted octanol–water partition coefficient (Wildman–Crippen LogP) is 0.573. The second-order valence-corrected chi connectivity index (χ2v) is 6.98. The molecule has 0 aliphatic carbocycles. The van der Waals surface area contributed by atoms with Crippen LogP contribution in [0.1, 0.15) is 12.0 Å². The lowest BCUT2D eigenvalue weighted by Gasteiger charge is -2.23. The van der Waals surface area contributed by atoms with E-state index in [0.717, 1.165) is 14.0 Å². The van der Waals surface area contributed by atoms with Crippen molar-refractivity contribution in [3.8, 4) is 0 Å². The highest BCUT2D eigenvalue weighted by Gasteiger charge is 2.30. The van der Waals surface area contributed by atoms with Gasteiger partial charge in [0.05, 0.1) is 6.54 Å². The van der Waals surface area contributed by atoms with Gasteiger partial charge in [0.2, 0.25) is 5.91 Å². The fourth-order valence-electron chi connectivity index (χ4n) is 2.50. The van der Waals surface area contributed by atoms with E-state index < -0.39 is 30.1 Å². The quantitative estimate of drug-likeness (QED) is 0.554. The first-order valence-corrected chi connectivity index (χ1v) is 8.88. The molecule has 3 amide bonds. The number of carbonyl (C=O) groups excluding carboxylic acids is 2. The summed E-state index contributed by atoms with van der Waals surface area (Å²) >= 11 is 2.17. The maximum atomic E-state index is 12.4. The molecule has 0 bridgehead atoms. The highest BCUT2D eigenvalue weighted by molar-refractivity contribution is 14.1. The first-order chi connectivity index (χ1) is 11.9. The zero-order chi connectivity index (χ0) is 18.4. The minimum atomic E-state index is -1.10. The molecule has 1 aromatic carbocycles. The summed E-state index contributed by atoms with van der Waals surface area (Å²) in [6.07, 6.45) is -1.29. The number of benzene rings is 1. The SMILES string of the molecule is NC(=O)[C@H](Cc1ccc(I)cc1)NC(=O)[C@@H]1CN(C(=O)O)CCCO1. The Hall–Kier alpha value is -1.88. The number of carboxylic acid groups (broad SMARTS) is 1. The van der Waals surface area contributed by atoms with Crippen molar-refractivity contribution in [1.29, 1.82) is 0 Å². The minimum absolute atomic E-state index is 0.0732. The van der Waals surface area contributed by atoms with Crippen molar-refractivity contribution in [1.82, 2.24) is 10.2 Å². The number of carbonyl (C=O) groups is 3. The van der Waals surface area contributed by atoms with E-state index in [9.17, 15) is 14.4 Å². The molecule has 0 radical (unpaired) electrons. The van der Waals surface area contributed by atoms with E-state index in [2.05, 4.69) is 27.9 Å². The Kier molecular flexibility index (Phi) is 7.00. The molecular weight excluding hydrogens is 441 g/mol. The number of primary amides is 1. The second-order valence-electron chi connectivity index (χ2n) is 5.74. The summed E-state index contributed by atoms with van der Waals surface area (Å²) in [6, 6.07) is 6.62. The molecule has 136 valence electrons. The summed E-state index contributed by atoms with van der Waals surface area (Å²) in [5, 5.41) is 11.7. The van der Waals surface area contributed by atoms with Crippen LogP contribution < -0.4 is 11.1 Å². The molecule has 2 rings (SSSR count). The Labute approximate surface area is 158 Å². The van der Waals surface area contributed by atoms with Crippen molar-refractivity contribution >= 4 is 40.5 Å². The molecule has 4 N–H and O–H groups in total. The number of nitrogens with two attached hydrogens (primary N) is 1. The third-order valence-electron chi connectivity index (χ3n) is 3.85.